The second kappa shape index (κ2) is 7.35. The summed E-state index contributed by atoms with van der Waals surface area (Å²) in [4.78, 5) is 11.0. The number of aromatic carboxylic acids is 1. The van der Waals surface area contributed by atoms with Crippen LogP contribution in [0.2, 0.25) is 0 Å². The minimum absolute atomic E-state index is 0.0800. The molecule has 11 heteroatoms. The Bertz CT molecular complexity index is 1290. The number of nitrogens with two attached hydrogens (primary N) is 1. The highest BCUT2D eigenvalue weighted by atomic mass is 32.2. The lowest BCUT2D eigenvalue weighted by molar-refractivity contribution is 0.0688. The molecule has 2 aromatic carbocycles. The van der Waals surface area contributed by atoms with Crippen molar-refractivity contribution in [2.24, 2.45) is 5.14 Å². The van der Waals surface area contributed by atoms with E-state index in [0.717, 1.165) is 24.3 Å². The van der Waals surface area contributed by atoms with E-state index in [4.69, 9.17) is 5.14 Å². The van der Waals surface area contributed by atoms with Gasteiger partial charge in [0.2, 0.25) is 10.0 Å². The number of benzene rings is 2. The van der Waals surface area contributed by atoms with Crippen LogP contribution in [0.1, 0.15) is 16.1 Å². The molecule has 0 amide bonds. The first-order chi connectivity index (χ1) is 13.5. The van der Waals surface area contributed by atoms with Gasteiger partial charge in [-0.2, -0.15) is 0 Å². The highest BCUT2D eigenvalue weighted by molar-refractivity contribution is 7.92. The molecule has 29 heavy (non-hydrogen) atoms. The number of nitrogens with zero attached hydrogens (tertiary/aromatic N) is 1. The summed E-state index contributed by atoms with van der Waals surface area (Å²) < 4.78 is 51.6. The molecule has 0 aliphatic heterocycles. The van der Waals surface area contributed by atoms with Crippen molar-refractivity contribution in [2.75, 3.05) is 4.72 Å². The number of aryl methyl sites for hydroxylation is 1. The Hall–Kier alpha value is -3.15. The van der Waals surface area contributed by atoms with Crippen LogP contribution in [0.25, 0.3) is 5.69 Å². The number of hydrogen-bond donors (Lipinski definition) is 3. The summed E-state index contributed by atoms with van der Waals surface area (Å²) in [5, 5.41) is 14.3. The highest BCUT2D eigenvalue weighted by Gasteiger charge is 2.17. The fourth-order valence-corrected chi connectivity index (χ4v) is 4.34. The fourth-order valence-electron chi connectivity index (χ4n) is 2.78. The van der Waals surface area contributed by atoms with Gasteiger partial charge in [0.05, 0.1) is 9.79 Å². The molecule has 4 N–H and O–H groups in total. The first-order valence-corrected chi connectivity index (χ1v) is 11.2. The Labute approximate surface area is 167 Å². The molecule has 0 spiro atoms. The quantitative estimate of drug-likeness (QED) is 0.539. The SMILES string of the molecule is Cc1cc(NS(=O)(=O)c2ccc(S(N)(=O)=O)cc2)ccc1-n1cccc1C(=O)O. The molecule has 152 valence electrons. The molecule has 0 saturated carbocycles. The normalized spacial score (nSPS) is 11.9. The van der Waals surface area contributed by atoms with Crippen LogP contribution in [-0.2, 0) is 20.0 Å². The van der Waals surface area contributed by atoms with Crippen LogP contribution in [0.5, 0.6) is 0 Å². The molecule has 0 unspecified atom stereocenters. The number of anilines is 1. The van der Waals surface area contributed by atoms with E-state index in [-0.39, 0.29) is 21.2 Å². The Kier molecular flexibility index (Phi) is 5.22. The van der Waals surface area contributed by atoms with E-state index in [0.29, 0.717) is 11.3 Å². The molecule has 0 bridgehead atoms. The third-order valence-electron chi connectivity index (χ3n) is 4.14. The number of carboxylic acids is 1. The van der Waals surface area contributed by atoms with Crippen molar-refractivity contribution >= 4 is 31.7 Å². The van der Waals surface area contributed by atoms with Crippen LogP contribution in [0.3, 0.4) is 0 Å². The Morgan fingerprint density at radius 3 is 2.17 bits per heavy atom. The van der Waals surface area contributed by atoms with E-state index in [1.165, 1.54) is 16.7 Å². The maximum absolute atomic E-state index is 12.6. The zero-order valence-corrected chi connectivity index (χ0v) is 16.7. The molecule has 9 nitrogen and oxygen atoms in total. The van der Waals surface area contributed by atoms with Crippen molar-refractivity contribution in [3.63, 3.8) is 0 Å². The summed E-state index contributed by atoms with van der Waals surface area (Å²) in [6, 6.07) is 12.2. The summed E-state index contributed by atoms with van der Waals surface area (Å²) in [6.45, 7) is 1.72. The second-order valence-electron chi connectivity index (χ2n) is 6.19. The van der Waals surface area contributed by atoms with Crippen molar-refractivity contribution in [1.82, 2.24) is 4.57 Å². The maximum Gasteiger partial charge on any atom is 0.352 e. The minimum atomic E-state index is -3.97. The van der Waals surface area contributed by atoms with Crippen molar-refractivity contribution in [1.29, 1.82) is 0 Å². The zero-order chi connectivity index (χ0) is 21.4. The number of carbonyl (C=O) groups is 1. The molecular weight excluding hydrogens is 418 g/mol. The van der Waals surface area contributed by atoms with E-state index >= 15 is 0 Å². The molecule has 1 heterocycles. The molecule has 0 aliphatic rings. The van der Waals surface area contributed by atoms with Gasteiger partial charge in [-0.3, -0.25) is 4.72 Å². The van der Waals surface area contributed by atoms with Gasteiger partial charge >= 0.3 is 5.97 Å². The summed E-state index contributed by atoms with van der Waals surface area (Å²) in [5.74, 6) is -1.08. The van der Waals surface area contributed by atoms with Gasteiger partial charge in [0.1, 0.15) is 5.69 Å². The molecule has 0 aliphatic carbocycles. The van der Waals surface area contributed by atoms with Crippen LogP contribution >= 0.6 is 0 Å². The number of sulfonamides is 2. The van der Waals surface area contributed by atoms with E-state index in [2.05, 4.69) is 4.72 Å². The average Bonchev–Trinajstić information content (AvgIpc) is 3.10. The van der Waals surface area contributed by atoms with Crippen molar-refractivity contribution in [2.45, 2.75) is 16.7 Å². The molecule has 0 fully saturated rings. The van der Waals surface area contributed by atoms with Crippen LogP contribution in [-0.4, -0.2) is 32.5 Å². The first kappa shape index (κ1) is 20.6. The van der Waals surface area contributed by atoms with Gasteiger partial charge < -0.3 is 9.67 Å². The van der Waals surface area contributed by atoms with Crippen LogP contribution in [0.4, 0.5) is 5.69 Å². The zero-order valence-electron chi connectivity index (χ0n) is 15.1. The first-order valence-electron chi connectivity index (χ1n) is 8.16. The number of primary sulfonamides is 1. The molecule has 0 saturated heterocycles. The predicted molar refractivity (Wildman–Crippen MR) is 106 cm³/mol. The summed E-state index contributed by atoms with van der Waals surface area (Å²) in [6.07, 6.45) is 1.60. The van der Waals surface area contributed by atoms with Gasteiger partial charge in [-0.15, -0.1) is 0 Å². The molecule has 3 rings (SSSR count). The topological polar surface area (TPSA) is 149 Å². The molecular formula is C18H17N3O6S2. The summed E-state index contributed by atoms with van der Waals surface area (Å²) in [5.41, 5.74) is 1.59. The van der Waals surface area contributed by atoms with E-state index in [1.54, 1.807) is 31.3 Å². The van der Waals surface area contributed by atoms with Crippen molar-refractivity contribution in [3.05, 3.63) is 72.1 Å². The predicted octanol–water partition coefficient (Wildman–Crippen LogP) is 1.93. The Morgan fingerprint density at radius 1 is 1.00 bits per heavy atom. The molecule has 1 aromatic heterocycles. The fraction of sp³-hybridized carbons (Fsp3) is 0.0556. The van der Waals surface area contributed by atoms with Crippen molar-refractivity contribution < 1.29 is 26.7 Å². The third-order valence-corrected chi connectivity index (χ3v) is 6.47. The van der Waals surface area contributed by atoms with Crippen LogP contribution in [0.15, 0.2) is 70.6 Å². The van der Waals surface area contributed by atoms with E-state index in [9.17, 15) is 26.7 Å². The largest absolute Gasteiger partial charge is 0.477 e. The van der Waals surface area contributed by atoms with Gasteiger partial charge in [0.25, 0.3) is 10.0 Å². The smallest absolute Gasteiger partial charge is 0.352 e. The van der Waals surface area contributed by atoms with Gasteiger partial charge in [-0.25, -0.2) is 26.8 Å². The van der Waals surface area contributed by atoms with Crippen molar-refractivity contribution in [3.8, 4) is 5.69 Å². The molecule has 0 atom stereocenters. The number of carboxylic acid groups (broad SMARTS) is 1. The lowest BCUT2D eigenvalue weighted by atomic mass is 10.1. The number of hydrogen-bond acceptors (Lipinski definition) is 5. The Balaban J connectivity index is 1.89. The lowest BCUT2D eigenvalue weighted by Crippen LogP contribution is -2.15. The maximum atomic E-state index is 12.6. The van der Waals surface area contributed by atoms with Gasteiger partial charge in [-0.1, -0.05) is 0 Å². The van der Waals surface area contributed by atoms with Crippen LogP contribution in [0, 0.1) is 6.92 Å². The average molecular weight is 435 g/mol. The number of nitrogens with one attached hydrogen (secondary N) is 1. The van der Waals surface area contributed by atoms with E-state index in [1.807, 2.05) is 0 Å². The molecule has 0 radical (unpaired) electrons. The van der Waals surface area contributed by atoms with Gasteiger partial charge in [-0.05, 0) is 67.1 Å². The standard InChI is InChI=1S/C18H17N3O6S2/c1-12-11-13(4-9-16(12)21-10-2-3-17(21)18(22)23)20-29(26,27)15-7-5-14(6-8-15)28(19,24)25/h2-11,20H,1H3,(H,22,23)(H2,19,24,25). The number of aromatic nitrogens is 1. The minimum Gasteiger partial charge on any atom is -0.477 e. The van der Waals surface area contributed by atoms with Gasteiger partial charge in [0.15, 0.2) is 0 Å². The second-order valence-corrected chi connectivity index (χ2v) is 9.44. The van der Waals surface area contributed by atoms with Gasteiger partial charge in [0, 0.05) is 17.6 Å². The highest BCUT2D eigenvalue weighted by Crippen LogP contribution is 2.23. The number of rotatable bonds is 6. The summed E-state index contributed by atoms with van der Waals surface area (Å²) >= 11 is 0. The third kappa shape index (κ3) is 4.31. The monoisotopic (exact) mass is 435 g/mol. The molecule has 3 aromatic rings. The summed E-state index contributed by atoms with van der Waals surface area (Å²) in [7, 11) is -7.89. The van der Waals surface area contributed by atoms with E-state index < -0.39 is 26.0 Å². The lowest BCUT2D eigenvalue weighted by Gasteiger charge is -2.13. The van der Waals surface area contributed by atoms with Crippen LogP contribution < -0.4 is 9.86 Å². The Morgan fingerprint density at radius 2 is 1.62 bits per heavy atom.